The number of nitrogens with zero attached hydrogens (tertiary/aromatic N) is 2. The Kier molecular flexibility index (Phi) is 6.80. The van der Waals surface area contributed by atoms with E-state index in [0.29, 0.717) is 6.04 Å². The first kappa shape index (κ1) is 16.4. The van der Waals surface area contributed by atoms with Gasteiger partial charge < -0.3 is 10.0 Å². The molecule has 112 valence electrons. The Balaban J connectivity index is 2.26. The Labute approximate surface area is 117 Å². The quantitative estimate of drug-likeness (QED) is 0.770. The molecule has 1 atom stereocenters. The van der Waals surface area contributed by atoms with Crippen LogP contribution in [0.25, 0.3) is 0 Å². The van der Waals surface area contributed by atoms with Gasteiger partial charge in [0.05, 0.1) is 6.54 Å². The summed E-state index contributed by atoms with van der Waals surface area (Å²) in [5.41, 5.74) is 0. The molecule has 0 radical (unpaired) electrons. The highest BCUT2D eigenvalue weighted by atomic mass is 16.4. The molecule has 1 N–H and O–H groups in total. The largest absolute Gasteiger partial charge is 0.480 e. The van der Waals surface area contributed by atoms with Gasteiger partial charge >= 0.3 is 5.97 Å². The van der Waals surface area contributed by atoms with Crippen LogP contribution in [0.15, 0.2) is 0 Å². The molecule has 1 aliphatic heterocycles. The minimum Gasteiger partial charge on any atom is -0.480 e. The molecule has 1 saturated heterocycles. The molecule has 19 heavy (non-hydrogen) atoms. The Morgan fingerprint density at radius 2 is 1.89 bits per heavy atom. The van der Waals surface area contributed by atoms with Crippen LogP contribution in [0, 0.1) is 11.8 Å². The average molecular weight is 270 g/mol. The normalized spacial score (nSPS) is 20.1. The van der Waals surface area contributed by atoms with Crippen LogP contribution in [0.1, 0.15) is 40.0 Å². The highest BCUT2D eigenvalue weighted by molar-refractivity contribution is 5.69. The summed E-state index contributed by atoms with van der Waals surface area (Å²) in [5.74, 6) is 0.804. The number of carboxylic acids is 1. The maximum Gasteiger partial charge on any atom is 0.317 e. The van der Waals surface area contributed by atoms with Crippen molar-refractivity contribution in [2.24, 2.45) is 11.8 Å². The van der Waals surface area contributed by atoms with Gasteiger partial charge in [-0.1, -0.05) is 20.8 Å². The maximum atomic E-state index is 10.7. The molecule has 0 aromatic carbocycles. The van der Waals surface area contributed by atoms with E-state index in [0.717, 1.165) is 37.8 Å². The molecule has 0 aromatic rings. The van der Waals surface area contributed by atoms with Crippen LogP contribution in [0.2, 0.25) is 0 Å². The SMILES string of the molecule is CC(C)CC(C)CN1CCC(N(C)CC(=O)O)CC1. The van der Waals surface area contributed by atoms with Crippen molar-refractivity contribution in [1.29, 1.82) is 0 Å². The number of piperidine rings is 1. The van der Waals surface area contributed by atoms with Gasteiger partial charge in [-0.05, 0) is 51.2 Å². The summed E-state index contributed by atoms with van der Waals surface area (Å²) in [6, 6.07) is 0.438. The molecule has 0 spiro atoms. The number of carbonyl (C=O) groups is 1. The molecule has 0 aliphatic carbocycles. The second-order valence-electron chi connectivity index (χ2n) is 6.58. The lowest BCUT2D eigenvalue weighted by Crippen LogP contribution is -2.45. The summed E-state index contributed by atoms with van der Waals surface area (Å²) in [6.45, 7) is 10.5. The molecule has 1 unspecified atom stereocenters. The first-order valence-electron chi connectivity index (χ1n) is 7.52. The number of carboxylic acid groups (broad SMARTS) is 1. The van der Waals surface area contributed by atoms with Crippen molar-refractivity contribution in [2.75, 3.05) is 33.2 Å². The molecule has 0 amide bonds. The fraction of sp³-hybridized carbons (Fsp3) is 0.933. The predicted molar refractivity (Wildman–Crippen MR) is 78.3 cm³/mol. The second-order valence-corrected chi connectivity index (χ2v) is 6.58. The van der Waals surface area contributed by atoms with Gasteiger partial charge in [-0.15, -0.1) is 0 Å². The lowest BCUT2D eigenvalue weighted by Gasteiger charge is -2.37. The summed E-state index contributed by atoms with van der Waals surface area (Å²) in [4.78, 5) is 15.2. The van der Waals surface area contributed by atoms with E-state index >= 15 is 0 Å². The third-order valence-electron chi connectivity index (χ3n) is 4.01. The van der Waals surface area contributed by atoms with E-state index in [1.807, 2.05) is 11.9 Å². The van der Waals surface area contributed by atoms with Gasteiger partial charge in [0.15, 0.2) is 0 Å². The van der Waals surface area contributed by atoms with Crippen LogP contribution in [0.5, 0.6) is 0 Å². The molecule has 4 nitrogen and oxygen atoms in total. The summed E-state index contributed by atoms with van der Waals surface area (Å²) in [5, 5.41) is 8.82. The van der Waals surface area contributed by atoms with Gasteiger partial charge in [0, 0.05) is 12.6 Å². The summed E-state index contributed by atoms with van der Waals surface area (Å²) >= 11 is 0. The standard InChI is InChI=1S/C15H30N2O2/c1-12(2)9-13(3)10-17-7-5-14(6-8-17)16(4)11-15(18)19/h12-14H,5-11H2,1-4H3,(H,18,19). The van der Waals surface area contributed by atoms with Crippen molar-refractivity contribution < 1.29 is 9.90 Å². The van der Waals surface area contributed by atoms with Gasteiger partial charge in [0.2, 0.25) is 0 Å². The third kappa shape index (κ3) is 6.39. The summed E-state index contributed by atoms with van der Waals surface area (Å²) in [7, 11) is 1.93. The number of likely N-dealkylation sites (tertiary alicyclic amines) is 1. The van der Waals surface area contributed by atoms with Crippen LogP contribution in [-0.2, 0) is 4.79 Å². The van der Waals surface area contributed by atoms with Gasteiger partial charge in [-0.3, -0.25) is 9.69 Å². The van der Waals surface area contributed by atoms with Crippen LogP contribution in [0.3, 0.4) is 0 Å². The van der Waals surface area contributed by atoms with E-state index in [9.17, 15) is 4.79 Å². The zero-order valence-electron chi connectivity index (χ0n) is 12.9. The Morgan fingerprint density at radius 3 is 2.37 bits per heavy atom. The molecule has 0 aromatic heterocycles. The minimum atomic E-state index is -0.726. The summed E-state index contributed by atoms with van der Waals surface area (Å²) < 4.78 is 0. The summed E-state index contributed by atoms with van der Waals surface area (Å²) in [6.07, 6.45) is 3.48. The van der Waals surface area contributed by atoms with Crippen molar-refractivity contribution in [3.8, 4) is 0 Å². The monoisotopic (exact) mass is 270 g/mol. The highest BCUT2D eigenvalue weighted by Crippen LogP contribution is 2.18. The predicted octanol–water partition coefficient (Wildman–Crippen LogP) is 2.15. The second kappa shape index (κ2) is 7.85. The number of aliphatic carboxylic acids is 1. The van der Waals surface area contributed by atoms with E-state index in [1.165, 1.54) is 13.0 Å². The molecule has 1 rings (SSSR count). The van der Waals surface area contributed by atoms with E-state index in [4.69, 9.17) is 5.11 Å². The van der Waals surface area contributed by atoms with Crippen LogP contribution in [0.4, 0.5) is 0 Å². The van der Waals surface area contributed by atoms with E-state index in [2.05, 4.69) is 25.7 Å². The topological polar surface area (TPSA) is 43.8 Å². The number of rotatable bonds is 7. The van der Waals surface area contributed by atoms with Crippen molar-refractivity contribution in [3.63, 3.8) is 0 Å². The fourth-order valence-corrected chi connectivity index (χ4v) is 3.21. The molecule has 1 heterocycles. The molecule has 0 bridgehead atoms. The van der Waals surface area contributed by atoms with Crippen LogP contribution in [-0.4, -0.2) is 60.1 Å². The molecular formula is C15H30N2O2. The zero-order chi connectivity index (χ0) is 14.4. The van der Waals surface area contributed by atoms with Gasteiger partial charge in [0.25, 0.3) is 0 Å². The van der Waals surface area contributed by atoms with Gasteiger partial charge in [-0.2, -0.15) is 0 Å². The van der Waals surface area contributed by atoms with Gasteiger partial charge in [-0.25, -0.2) is 0 Å². The molecule has 1 aliphatic rings. The zero-order valence-corrected chi connectivity index (χ0v) is 12.9. The van der Waals surface area contributed by atoms with Crippen LogP contribution >= 0.6 is 0 Å². The van der Waals surface area contributed by atoms with Crippen molar-refractivity contribution >= 4 is 5.97 Å². The first-order chi connectivity index (χ1) is 8.88. The molecular weight excluding hydrogens is 240 g/mol. The van der Waals surface area contributed by atoms with E-state index in [1.54, 1.807) is 0 Å². The van der Waals surface area contributed by atoms with E-state index < -0.39 is 5.97 Å². The number of likely N-dealkylation sites (N-methyl/N-ethyl adjacent to an activating group) is 1. The molecule has 4 heteroatoms. The first-order valence-corrected chi connectivity index (χ1v) is 7.52. The Hall–Kier alpha value is -0.610. The molecule has 0 saturated carbocycles. The molecule has 1 fully saturated rings. The maximum absolute atomic E-state index is 10.7. The third-order valence-corrected chi connectivity index (χ3v) is 4.01. The van der Waals surface area contributed by atoms with E-state index in [-0.39, 0.29) is 6.54 Å². The smallest absolute Gasteiger partial charge is 0.317 e. The number of hydrogen-bond donors (Lipinski definition) is 1. The lowest BCUT2D eigenvalue weighted by molar-refractivity contribution is -0.138. The van der Waals surface area contributed by atoms with Crippen molar-refractivity contribution in [1.82, 2.24) is 9.80 Å². The van der Waals surface area contributed by atoms with Crippen LogP contribution < -0.4 is 0 Å². The fourth-order valence-electron chi connectivity index (χ4n) is 3.21. The van der Waals surface area contributed by atoms with Crippen molar-refractivity contribution in [3.05, 3.63) is 0 Å². The Morgan fingerprint density at radius 1 is 1.32 bits per heavy atom. The van der Waals surface area contributed by atoms with Crippen molar-refractivity contribution in [2.45, 2.75) is 46.1 Å². The highest BCUT2D eigenvalue weighted by Gasteiger charge is 2.24. The minimum absolute atomic E-state index is 0.161. The Bertz CT molecular complexity index is 273. The number of hydrogen-bond acceptors (Lipinski definition) is 3. The van der Waals surface area contributed by atoms with Gasteiger partial charge in [0.1, 0.15) is 0 Å². The average Bonchev–Trinajstić information content (AvgIpc) is 2.27. The lowest BCUT2D eigenvalue weighted by atomic mass is 9.96.